The fourth-order valence-electron chi connectivity index (χ4n) is 2.41. The molecule has 0 saturated heterocycles. The van der Waals surface area contributed by atoms with Crippen LogP contribution in [0, 0.1) is 0 Å². The van der Waals surface area contributed by atoms with Gasteiger partial charge >= 0.3 is 0 Å². The van der Waals surface area contributed by atoms with E-state index in [9.17, 15) is 0 Å². The second kappa shape index (κ2) is 5.12. The van der Waals surface area contributed by atoms with Crippen LogP contribution in [0.4, 0.5) is 0 Å². The van der Waals surface area contributed by atoms with Crippen molar-refractivity contribution in [1.82, 2.24) is 4.98 Å². The second-order valence-electron chi connectivity index (χ2n) is 4.57. The van der Waals surface area contributed by atoms with Gasteiger partial charge in [0, 0.05) is 28.7 Å². The van der Waals surface area contributed by atoms with E-state index < -0.39 is 0 Å². The summed E-state index contributed by atoms with van der Waals surface area (Å²) in [5.74, 6) is 0. The van der Waals surface area contributed by atoms with E-state index in [-0.39, 0.29) is 0 Å². The van der Waals surface area contributed by atoms with Crippen LogP contribution in [0.15, 0.2) is 46.5 Å². The SMILES string of the molecule is NCc1ccncc1Sc1ccc2c(c1)CCC2. The number of rotatable bonds is 3. The maximum atomic E-state index is 5.75. The molecule has 0 saturated carbocycles. The lowest BCUT2D eigenvalue weighted by atomic mass is 10.1. The fourth-order valence-corrected chi connectivity index (χ4v) is 3.40. The Hall–Kier alpha value is -1.32. The zero-order valence-electron chi connectivity index (χ0n) is 10.2. The Morgan fingerprint density at radius 3 is 2.94 bits per heavy atom. The number of nitrogens with two attached hydrogens (primary N) is 1. The highest BCUT2D eigenvalue weighted by atomic mass is 32.2. The lowest BCUT2D eigenvalue weighted by molar-refractivity contribution is 0.911. The second-order valence-corrected chi connectivity index (χ2v) is 5.69. The van der Waals surface area contributed by atoms with E-state index in [4.69, 9.17) is 5.73 Å². The Bertz CT molecular complexity index is 566. The maximum Gasteiger partial charge on any atom is 0.0410 e. The quantitative estimate of drug-likeness (QED) is 0.916. The Morgan fingerprint density at radius 2 is 2.06 bits per heavy atom. The molecule has 0 radical (unpaired) electrons. The van der Waals surface area contributed by atoms with E-state index in [2.05, 4.69) is 23.2 Å². The molecule has 0 fully saturated rings. The Morgan fingerprint density at radius 1 is 1.17 bits per heavy atom. The third-order valence-corrected chi connectivity index (χ3v) is 4.46. The molecule has 2 aromatic rings. The van der Waals surface area contributed by atoms with E-state index in [0.29, 0.717) is 6.54 Å². The summed E-state index contributed by atoms with van der Waals surface area (Å²) < 4.78 is 0. The van der Waals surface area contributed by atoms with Crippen molar-refractivity contribution in [2.45, 2.75) is 35.6 Å². The minimum atomic E-state index is 0.565. The molecule has 92 valence electrons. The molecule has 2 N–H and O–H groups in total. The number of benzene rings is 1. The van der Waals surface area contributed by atoms with E-state index in [1.807, 2.05) is 12.3 Å². The van der Waals surface area contributed by atoms with Gasteiger partial charge in [0.25, 0.3) is 0 Å². The van der Waals surface area contributed by atoms with Crippen LogP contribution in [0.25, 0.3) is 0 Å². The third-order valence-electron chi connectivity index (χ3n) is 3.39. The van der Waals surface area contributed by atoms with Gasteiger partial charge in [0.2, 0.25) is 0 Å². The monoisotopic (exact) mass is 256 g/mol. The van der Waals surface area contributed by atoms with Crippen LogP contribution in [0.3, 0.4) is 0 Å². The molecule has 1 aromatic heterocycles. The molecule has 0 amide bonds. The summed E-state index contributed by atoms with van der Waals surface area (Å²) in [5, 5.41) is 0. The van der Waals surface area contributed by atoms with Gasteiger partial charge in [-0.3, -0.25) is 4.98 Å². The predicted octanol–water partition coefficient (Wildman–Crippen LogP) is 3.18. The molecule has 0 bridgehead atoms. The lowest BCUT2D eigenvalue weighted by Crippen LogP contribution is -1.98. The first-order valence-electron chi connectivity index (χ1n) is 6.29. The van der Waals surface area contributed by atoms with E-state index in [1.165, 1.54) is 35.3 Å². The summed E-state index contributed by atoms with van der Waals surface area (Å²) in [6.45, 7) is 0.565. The number of fused-ring (bicyclic) bond motifs is 1. The first-order valence-corrected chi connectivity index (χ1v) is 7.11. The molecule has 1 aliphatic carbocycles. The van der Waals surface area contributed by atoms with Crippen molar-refractivity contribution in [3.8, 4) is 0 Å². The van der Waals surface area contributed by atoms with Crippen molar-refractivity contribution in [1.29, 1.82) is 0 Å². The van der Waals surface area contributed by atoms with Gasteiger partial charge in [0.05, 0.1) is 0 Å². The zero-order valence-corrected chi connectivity index (χ0v) is 11.0. The Balaban J connectivity index is 1.88. The minimum Gasteiger partial charge on any atom is -0.326 e. The van der Waals surface area contributed by atoms with Gasteiger partial charge in [-0.2, -0.15) is 0 Å². The molecule has 1 aromatic carbocycles. The summed E-state index contributed by atoms with van der Waals surface area (Å²) in [6, 6.07) is 8.79. The molecule has 2 nitrogen and oxygen atoms in total. The number of aryl methyl sites for hydroxylation is 2. The van der Waals surface area contributed by atoms with Gasteiger partial charge in [-0.15, -0.1) is 0 Å². The van der Waals surface area contributed by atoms with Crippen molar-refractivity contribution in [2.24, 2.45) is 5.73 Å². The molecular formula is C15H16N2S. The zero-order chi connectivity index (χ0) is 12.4. The number of pyridine rings is 1. The molecule has 0 spiro atoms. The number of hydrogen-bond acceptors (Lipinski definition) is 3. The van der Waals surface area contributed by atoms with Gasteiger partial charge in [-0.1, -0.05) is 17.8 Å². The van der Waals surface area contributed by atoms with Crippen LogP contribution in [0.1, 0.15) is 23.1 Å². The summed E-state index contributed by atoms with van der Waals surface area (Å²) >= 11 is 1.76. The summed E-state index contributed by atoms with van der Waals surface area (Å²) in [7, 11) is 0. The van der Waals surface area contributed by atoms with Crippen LogP contribution in [0.2, 0.25) is 0 Å². The smallest absolute Gasteiger partial charge is 0.0410 e. The van der Waals surface area contributed by atoms with Gasteiger partial charge in [0.15, 0.2) is 0 Å². The molecule has 1 aliphatic rings. The Kier molecular flexibility index (Phi) is 3.35. The summed E-state index contributed by atoms with van der Waals surface area (Å²) in [4.78, 5) is 6.64. The number of hydrogen-bond donors (Lipinski definition) is 1. The molecular weight excluding hydrogens is 240 g/mol. The van der Waals surface area contributed by atoms with E-state index >= 15 is 0 Å². The molecule has 3 heteroatoms. The van der Waals surface area contributed by atoms with Crippen molar-refractivity contribution in [2.75, 3.05) is 0 Å². The number of aromatic nitrogens is 1. The number of nitrogens with zero attached hydrogens (tertiary/aromatic N) is 1. The molecule has 0 atom stereocenters. The molecule has 0 unspecified atom stereocenters. The molecule has 1 heterocycles. The van der Waals surface area contributed by atoms with E-state index in [1.54, 1.807) is 18.0 Å². The first kappa shape index (κ1) is 11.8. The summed E-state index contributed by atoms with van der Waals surface area (Å²) in [6.07, 6.45) is 7.46. The topological polar surface area (TPSA) is 38.9 Å². The van der Waals surface area contributed by atoms with E-state index in [0.717, 1.165) is 10.5 Å². The molecule has 18 heavy (non-hydrogen) atoms. The average Bonchev–Trinajstić information content (AvgIpc) is 2.87. The lowest BCUT2D eigenvalue weighted by Gasteiger charge is -2.08. The van der Waals surface area contributed by atoms with Gasteiger partial charge < -0.3 is 5.73 Å². The van der Waals surface area contributed by atoms with Crippen molar-refractivity contribution < 1.29 is 0 Å². The van der Waals surface area contributed by atoms with Crippen molar-refractivity contribution in [3.63, 3.8) is 0 Å². The van der Waals surface area contributed by atoms with Crippen LogP contribution >= 0.6 is 11.8 Å². The van der Waals surface area contributed by atoms with Gasteiger partial charge in [-0.25, -0.2) is 0 Å². The summed E-state index contributed by atoms with van der Waals surface area (Å²) in [5.41, 5.74) is 9.95. The molecule has 0 aliphatic heterocycles. The highest BCUT2D eigenvalue weighted by Crippen LogP contribution is 2.33. The highest BCUT2D eigenvalue weighted by molar-refractivity contribution is 7.99. The largest absolute Gasteiger partial charge is 0.326 e. The first-order chi connectivity index (χ1) is 8.86. The standard InChI is InChI=1S/C15H16N2S/c16-9-13-6-7-17-10-15(13)18-14-5-4-11-2-1-3-12(11)8-14/h4-8,10H,1-3,9,16H2. The van der Waals surface area contributed by atoms with Gasteiger partial charge in [-0.05, 0) is 54.2 Å². The van der Waals surface area contributed by atoms with Crippen molar-refractivity contribution >= 4 is 11.8 Å². The third kappa shape index (κ3) is 2.28. The van der Waals surface area contributed by atoms with Crippen LogP contribution in [-0.4, -0.2) is 4.98 Å². The molecule has 3 rings (SSSR count). The highest BCUT2D eigenvalue weighted by Gasteiger charge is 2.11. The normalized spacial score (nSPS) is 13.6. The minimum absolute atomic E-state index is 0.565. The van der Waals surface area contributed by atoms with Gasteiger partial charge in [0.1, 0.15) is 0 Å². The average molecular weight is 256 g/mol. The predicted molar refractivity (Wildman–Crippen MR) is 74.7 cm³/mol. The van der Waals surface area contributed by atoms with Crippen LogP contribution < -0.4 is 5.73 Å². The van der Waals surface area contributed by atoms with Crippen LogP contribution in [0.5, 0.6) is 0 Å². The van der Waals surface area contributed by atoms with Crippen LogP contribution in [-0.2, 0) is 19.4 Å². The fraction of sp³-hybridized carbons (Fsp3) is 0.267. The maximum absolute atomic E-state index is 5.75. The Labute approximate surface area is 112 Å². The van der Waals surface area contributed by atoms with Crippen molar-refractivity contribution in [3.05, 3.63) is 53.3 Å².